The number of carboxylic acid groups (broad SMARTS) is 1. The van der Waals surface area contributed by atoms with E-state index in [1.807, 2.05) is 30.3 Å². The van der Waals surface area contributed by atoms with E-state index in [9.17, 15) is 14.4 Å². The molecule has 0 radical (unpaired) electrons. The van der Waals surface area contributed by atoms with Gasteiger partial charge in [-0.25, -0.2) is 0 Å². The Hall–Kier alpha value is -3.87. The molecule has 0 saturated carbocycles. The SMILES string of the molecule is O=C(O)CCCOc1ccc(/C=c2/[nH]c(=O)/c(=C/c3ccccc3)[nH]c2=O)cc1. The lowest BCUT2D eigenvalue weighted by atomic mass is 10.2. The van der Waals surface area contributed by atoms with E-state index in [0.717, 1.165) is 5.56 Å². The number of carboxylic acids is 1. The van der Waals surface area contributed by atoms with E-state index in [-0.39, 0.29) is 17.1 Å². The number of hydrogen-bond donors (Lipinski definition) is 3. The number of ether oxygens (including phenoxy) is 1. The van der Waals surface area contributed by atoms with Crippen molar-refractivity contribution >= 4 is 18.1 Å². The Bertz CT molecular complexity index is 1210. The summed E-state index contributed by atoms with van der Waals surface area (Å²) in [5, 5.41) is 8.94. The van der Waals surface area contributed by atoms with Crippen molar-refractivity contribution in [1.29, 1.82) is 0 Å². The van der Waals surface area contributed by atoms with E-state index >= 15 is 0 Å². The summed E-state index contributed by atoms with van der Waals surface area (Å²) in [5.74, 6) is -0.257. The number of hydrogen-bond acceptors (Lipinski definition) is 4. The Balaban J connectivity index is 1.79. The molecule has 1 heterocycles. The molecule has 0 amide bonds. The molecule has 29 heavy (non-hydrogen) atoms. The Labute approximate surface area is 165 Å². The van der Waals surface area contributed by atoms with Gasteiger partial charge in [0.15, 0.2) is 0 Å². The maximum atomic E-state index is 12.3. The van der Waals surface area contributed by atoms with Crippen LogP contribution in [0.4, 0.5) is 0 Å². The van der Waals surface area contributed by atoms with Crippen molar-refractivity contribution in [2.75, 3.05) is 6.61 Å². The number of benzene rings is 2. The van der Waals surface area contributed by atoms with Gasteiger partial charge in [-0.3, -0.25) is 14.4 Å². The first kappa shape index (κ1) is 19.9. The maximum Gasteiger partial charge on any atom is 0.303 e. The second kappa shape index (κ2) is 9.36. The lowest BCUT2D eigenvalue weighted by Crippen LogP contribution is -2.46. The molecule has 0 bridgehead atoms. The zero-order chi connectivity index (χ0) is 20.6. The Kier molecular flexibility index (Phi) is 6.42. The van der Waals surface area contributed by atoms with Gasteiger partial charge in [0.2, 0.25) is 0 Å². The number of carbonyl (C=O) groups is 1. The van der Waals surface area contributed by atoms with Gasteiger partial charge >= 0.3 is 5.97 Å². The Morgan fingerprint density at radius 3 is 1.97 bits per heavy atom. The third kappa shape index (κ3) is 5.80. The van der Waals surface area contributed by atoms with Crippen LogP contribution in [-0.4, -0.2) is 27.7 Å². The average Bonchev–Trinajstić information content (AvgIpc) is 2.71. The average molecular weight is 392 g/mol. The van der Waals surface area contributed by atoms with Crippen LogP contribution >= 0.6 is 0 Å². The van der Waals surface area contributed by atoms with Gasteiger partial charge in [-0.05, 0) is 41.8 Å². The van der Waals surface area contributed by atoms with Crippen LogP contribution in [-0.2, 0) is 4.79 Å². The summed E-state index contributed by atoms with van der Waals surface area (Å²) < 4.78 is 5.47. The summed E-state index contributed by atoms with van der Waals surface area (Å²) in [7, 11) is 0. The zero-order valence-electron chi connectivity index (χ0n) is 15.6. The molecule has 7 nitrogen and oxygen atoms in total. The monoisotopic (exact) mass is 392 g/mol. The van der Waals surface area contributed by atoms with Crippen molar-refractivity contribution in [3.8, 4) is 5.75 Å². The summed E-state index contributed by atoms with van der Waals surface area (Å²) in [6, 6.07) is 16.2. The molecule has 0 unspecified atom stereocenters. The van der Waals surface area contributed by atoms with Crippen molar-refractivity contribution in [1.82, 2.24) is 9.97 Å². The highest BCUT2D eigenvalue weighted by Gasteiger charge is 2.00. The smallest absolute Gasteiger partial charge is 0.303 e. The molecule has 1 aromatic heterocycles. The predicted molar refractivity (Wildman–Crippen MR) is 109 cm³/mol. The molecule has 3 aromatic rings. The van der Waals surface area contributed by atoms with Gasteiger partial charge in [-0.2, -0.15) is 0 Å². The van der Waals surface area contributed by atoms with Gasteiger partial charge in [0.25, 0.3) is 11.1 Å². The van der Waals surface area contributed by atoms with Crippen LogP contribution in [0.2, 0.25) is 0 Å². The van der Waals surface area contributed by atoms with Crippen molar-refractivity contribution < 1.29 is 14.6 Å². The highest BCUT2D eigenvalue weighted by molar-refractivity contribution is 5.66. The molecule has 0 aliphatic carbocycles. The number of aromatic amines is 2. The summed E-state index contributed by atoms with van der Waals surface area (Å²) in [4.78, 5) is 40.3. The number of aliphatic carboxylic acids is 1. The molecule has 0 fully saturated rings. The highest BCUT2D eigenvalue weighted by Crippen LogP contribution is 2.12. The first-order valence-corrected chi connectivity index (χ1v) is 9.07. The summed E-state index contributed by atoms with van der Waals surface area (Å²) >= 11 is 0. The molecule has 148 valence electrons. The van der Waals surface area contributed by atoms with E-state index in [2.05, 4.69) is 9.97 Å². The summed E-state index contributed by atoms with van der Waals surface area (Å²) in [6.45, 7) is 0.307. The van der Waals surface area contributed by atoms with Crippen LogP contribution in [0, 0.1) is 0 Å². The lowest BCUT2D eigenvalue weighted by Gasteiger charge is -2.05. The highest BCUT2D eigenvalue weighted by atomic mass is 16.5. The predicted octanol–water partition coefficient (Wildman–Crippen LogP) is 0.964. The number of rotatable bonds is 7. The minimum atomic E-state index is -0.856. The molecule has 0 spiro atoms. The second-order valence-electron chi connectivity index (χ2n) is 6.35. The first-order valence-electron chi connectivity index (χ1n) is 9.07. The molecular weight excluding hydrogens is 372 g/mol. The van der Waals surface area contributed by atoms with Crippen LogP contribution in [0.1, 0.15) is 24.0 Å². The van der Waals surface area contributed by atoms with E-state index in [4.69, 9.17) is 9.84 Å². The quantitative estimate of drug-likeness (QED) is 0.519. The largest absolute Gasteiger partial charge is 0.494 e. The third-order valence-corrected chi connectivity index (χ3v) is 4.09. The van der Waals surface area contributed by atoms with Crippen molar-refractivity contribution in [2.45, 2.75) is 12.8 Å². The van der Waals surface area contributed by atoms with Crippen LogP contribution in [0.3, 0.4) is 0 Å². The number of aromatic nitrogens is 2. The molecule has 3 rings (SSSR count). The molecule has 0 aliphatic rings. The fraction of sp³-hybridized carbons (Fsp3) is 0.136. The topological polar surface area (TPSA) is 112 Å². The number of H-pyrrole nitrogens is 2. The van der Waals surface area contributed by atoms with Crippen molar-refractivity contribution in [3.63, 3.8) is 0 Å². The fourth-order valence-electron chi connectivity index (χ4n) is 2.65. The van der Waals surface area contributed by atoms with Crippen molar-refractivity contribution in [2.24, 2.45) is 0 Å². The minimum absolute atomic E-state index is 0.0553. The van der Waals surface area contributed by atoms with Gasteiger partial charge in [0.05, 0.1) is 6.61 Å². The van der Waals surface area contributed by atoms with E-state index < -0.39 is 17.1 Å². The zero-order valence-corrected chi connectivity index (χ0v) is 15.6. The van der Waals surface area contributed by atoms with Gasteiger partial charge in [-0.15, -0.1) is 0 Å². The first-order chi connectivity index (χ1) is 14.0. The van der Waals surface area contributed by atoms with Crippen LogP contribution < -0.4 is 26.6 Å². The minimum Gasteiger partial charge on any atom is -0.494 e. The third-order valence-electron chi connectivity index (χ3n) is 4.09. The van der Waals surface area contributed by atoms with Crippen molar-refractivity contribution in [3.05, 3.63) is 97.1 Å². The van der Waals surface area contributed by atoms with Gasteiger partial charge in [0, 0.05) is 6.42 Å². The fourth-order valence-corrected chi connectivity index (χ4v) is 2.65. The molecule has 7 heteroatoms. The van der Waals surface area contributed by atoms with Gasteiger partial charge in [-0.1, -0.05) is 42.5 Å². The van der Waals surface area contributed by atoms with Gasteiger partial charge in [0.1, 0.15) is 16.4 Å². The molecule has 3 N–H and O–H groups in total. The molecular formula is C22H20N2O5. The second-order valence-corrected chi connectivity index (χ2v) is 6.35. The Morgan fingerprint density at radius 2 is 1.41 bits per heavy atom. The summed E-state index contributed by atoms with van der Waals surface area (Å²) in [6.07, 6.45) is 3.66. The standard InChI is InChI=1S/C22H20N2O5/c25-20(26)7-4-12-29-17-10-8-16(9-11-17)14-19-22(28)23-18(21(27)24-19)13-15-5-2-1-3-6-15/h1-3,5-6,8-11,13-14H,4,7,12H2,(H,23,28)(H,24,27)(H,25,26)/b18-13-,19-14+. The van der Waals surface area contributed by atoms with E-state index in [0.29, 0.717) is 24.3 Å². The van der Waals surface area contributed by atoms with E-state index in [1.165, 1.54) is 0 Å². The normalized spacial score (nSPS) is 12.1. The summed E-state index contributed by atoms with van der Waals surface area (Å²) in [5.41, 5.74) is 0.729. The van der Waals surface area contributed by atoms with Gasteiger partial charge < -0.3 is 19.8 Å². The number of nitrogens with one attached hydrogen (secondary N) is 2. The van der Waals surface area contributed by atoms with Crippen LogP contribution in [0.15, 0.2) is 64.2 Å². The van der Waals surface area contributed by atoms with Crippen LogP contribution in [0.25, 0.3) is 12.2 Å². The van der Waals surface area contributed by atoms with Crippen LogP contribution in [0.5, 0.6) is 5.75 Å². The molecule has 0 aliphatic heterocycles. The lowest BCUT2D eigenvalue weighted by molar-refractivity contribution is -0.137. The molecule has 2 aromatic carbocycles. The molecule has 0 atom stereocenters. The molecule has 0 saturated heterocycles. The Morgan fingerprint density at radius 1 is 0.862 bits per heavy atom. The van der Waals surface area contributed by atoms with E-state index in [1.54, 1.807) is 36.4 Å². The maximum absolute atomic E-state index is 12.3.